The molecule has 0 spiro atoms. The SMILES string of the molecule is CCC(C)(NC(=O)c1cc(Cl)c(C)c(Cl)c1)C(=O)CCl.O=C(NCc1ncc(C(F)(F)F)cc1Cl)c1c(Cl)cccc1Cl. The largest absolute Gasteiger partial charge is 0.417 e. The van der Waals surface area contributed by atoms with Crippen LogP contribution in [0.4, 0.5) is 13.2 Å². The zero-order chi connectivity index (χ0) is 32.7. The molecule has 15 heteroatoms. The molecule has 6 nitrogen and oxygen atoms in total. The third-order valence-electron chi connectivity index (χ3n) is 6.23. The molecule has 2 amide bonds. The monoisotopic (exact) mass is 717 g/mol. The van der Waals surface area contributed by atoms with Gasteiger partial charge in [0.2, 0.25) is 0 Å². The summed E-state index contributed by atoms with van der Waals surface area (Å²) in [5, 5.41) is 6.07. The van der Waals surface area contributed by atoms with Crippen molar-refractivity contribution >= 4 is 87.2 Å². The van der Waals surface area contributed by atoms with Gasteiger partial charge in [0.1, 0.15) is 0 Å². The number of halogens is 9. The predicted molar refractivity (Wildman–Crippen MR) is 165 cm³/mol. The summed E-state index contributed by atoms with van der Waals surface area (Å²) in [6, 6.07) is 8.37. The van der Waals surface area contributed by atoms with Crippen LogP contribution in [-0.2, 0) is 17.5 Å². The number of carbonyl (C=O) groups is 3. The number of hydrogen-bond donors (Lipinski definition) is 2. The summed E-state index contributed by atoms with van der Waals surface area (Å²) in [7, 11) is 0. The van der Waals surface area contributed by atoms with Crippen molar-refractivity contribution in [3.63, 3.8) is 0 Å². The number of benzene rings is 2. The van der Waals surface area contributed by atoms with Gasteiger partial charge in [-0.15, -0.1) is 11.6 Å². The van der Waals surface area contributed by atoms with E-state index in [0.29, 0.717) is 33.8 Å². The average molecular weight is 720 g/mol. The second-order valence-corrected chi connectivity index (χ2v) is 11.5. The van der Waals surface area contributed by atoms with Crippen LogP contribution < -0.4 is 10.6 Å². The summed E-state index contributed by atoms with van der Waals surface area (Å²) in [5.41, 5.74) is -0.780. The fraction of sp³-hybridized carbons (Fsp3) is 0.286. The number of hydrogen-bond acceptors (Lipinski definition) is 4. The average Bonchev–Trinajstić information content (AvgIpc) is 2.94. The zero-order valence-electron chi connectivity index (χ0n) is 22.7. The molecule has 232 valence electrons. The molecule has 43 heavy (non-hydrogen) atoms. The molecule has 1 aromatic heterocycles. The Bertz CT molecular complexity index is 1480. The maximum absolute atomic E-state index is 12.5. The van der Waals surface area contributed by atoms with Crippen molar-refractivity contribution in [3.8, 4) is 0 Å². The van der Waals surface area contributed by atoms with Gasteiger partial charge in [-0.25, -0.2) is 0 Å². The number of carbonyl (C=O) groups excluding carboxylic acids is 3. The van der Waals surface area contributed by atoms with Crippen molar-refractivity contribution < 1.29 is 27.6 Å². The Morgan fingerprint density at radius 3 is 1.91 bits per heavy atom. The van der Waals surface area contributed by atoms with E-state index in [2.05, 4.69) is 15.6 Å². The van der Waals surface area contributed by atoms with Gasteiger partial charge in [-0.2, -0.15) is 13.2 Å². The number of alkyl halides is 4. The molecule has 3 aromatic rings. The molecule has 2 N–H and O–H groups in total. The van der Waals surface area contributed by atoms with E-state index in [9.17, 15) is 27.6 Å². The maximum atomic E-state index is 12.5. The van der Waals surface area contributed by atoms with Gasteiger partial charge in [0.25, 0.3) is 11.8 Å². The molecular formula is C28H24Cl6F3N3O3. The van der Waals surface area contributed by atoms with E-state index in [1.807, 2.05) is 0 Å². The van der Waals surface area contributed by atoms with Gasteiger partial charge in [-0.1, -0.05) is 71.0 Å². The van der Waals surface area contributed by atoms with Gasteiger partial charge in [0.15, 0.2) is 5.78 Å². The van der Waals surface area contributed by atoms with Gasteiger partial charge < -0.3 is 10.6 Å². The fourth-order valence-corrected chi connectivity index (χ4v) is 4.90. The number of Topliss-reactive ketones (excluding diaryl/α,β-unsaturated/α-hetero) is 1. The third kappa shape index (κ3) is 9.86. The minimum atomic E-state index is -4.54. The molecule has 0 saturated heterocycles. The van der Waals surface area contributed by atoms with Gasteiger partial charge >= 0.3 is 6.18 Å². The minimum Gasteiger partial charge on any atom is -0.346 e. The first kappa shape index (κ1) is 36.9. The number of nitrogens with one attached hydrogen (secondary N) is 2. The van der Waals surface area contributed by atoms with Crippen molar-refractivity contribution in [3.05, 3.63) is 95.7 Å². The van der Waals surface area contributed by atoms with Crippen LogP contribution in [0.2, 0.25) is 25.1 Å². The summed E-state index contributed by atoms with van der Waals surface area (Å²) in [5.74, 6) is -1.38. The van der Waals surface area contributed by atoms with Crippen molar-refractivity contribution in [2.24, 2.45) is 0 Å². The summed E-state index contributed by atoms with van der Waals surface area (Å²) >= 11 is 35.1. The summed E-state index contributed by atoms with van der Waals surface area (Å²) in [6.07, 6.45) is -3.45. The molecule has 0 aliphatic heterocycles. The van der Waals surface area contributed by atoms with Gasteiger partial charge in [0, 0.05) is 21.8 Å². The quantitative estimate of drug-likeness (QED) is 0.228. The predicted octanol–water partition coefficient (Wildman–Crippen LogP) is 9.00. The van der Waals surface area contributed by atoms with Crippen LogP contribution in [0.15, 0.2) is 42.6 Å². The van der Waals surface area contributed by atoms with Gasteiger partial charge in [-0.05, 0) is 56.2 Å². The Balaban J connectivity index is 0.000000304. The number of amides is 2. The third-order valence-corrected chi connectivity index (χ3v) is 8.21. The molecule has 0 bridgehead atoms. The molecule has 1 heterocycles. The number of pyridine rings is 1. The normalized spacial score (nSPS) is 12.5. The molecule has 3 rings (SSSR count). The number of rotatable bonds is 8. The Hall–Kier alpha value is -2.27. The molecule has 0 radical (unpaired) electrons. The Morgan fingerprint density at radius 2 is 1.44 bits per heavy atom. The first-order valence-electron chi connectivity index (χ1n) is 12.3. The Kier molecular flexibility index (Phi) is 13.4. The molecular weight excluding hydrogens is 696 g/mol. The molecule has 1 atom stereocenters. The lowest BCUT2D eigenvalue weighted by atomic mass is 9.93. The molecule has 2 aromatic carbocycles. The maximum Gasteiger partial charge on any atom is 0.417 e. The van der Waals surface area contributed by atoms with E-state index < -0.39 is 29.1 Å². The summed E-state index contributed by atoms with van der Waals surface area (Å²) in [6.45, 7) is 5.05. The fourth-order valence-electron chi connectivity index (χ4n) is 3.32. The number of aromatic nitrogens is 1. The standard InChI is InChI=1S/C14H8Cl3F3N2O.C14H16Cl3NO2/c15-8-2-1-3-9(16)12(8)13(23)22-6-11-10(17)4-7(5-21-11)14(18,19)20;1-4-14(3,12(19)7-15)18-13(20)9-5-10(16)8(2)11(17)6-9/h1-5H,6H2,(H,22,23);5-6H,4,7H2,1-3H3,(H,18,20). The van der Waals surface area contributed by atoms with Gasteiger partial charge in [-0.3, -0.25) is 19.4 Å². The zero-order valence-corrected chi connectivity index (χ0v) is 27.3. The van der Waals surface area contributed by atoms with E-state index >= 15 is 0 Å². The van der Waals surface area contributed by atoms with Gasteiger partial charge in [0.05, 0.1) is 49.9 Å². The van der Waals surface area contributed by atoms with E-state index in [4.69, 9.17) is 69.6 Å². The van der Waals surface area contributed by atoms with E-state index in [1.165, 1.54) is 24.3 Å². The van der Waals surface area contributed by atoms with Crippen molar-refractivity contribution in [1.82, 2.24) is 15.6 Å². The van der Waals surface area contributed by atoms with Crippen molar-refractivity contribution in [1.29, 1.82) is 0 Å². The van der Waals surface area contributed by atoms with E-state index in [1.54, 1.807) is 26.8 Å². The lowest BCUT2D eigenvalue weighted by molar-refractivity contribution is -0.137. The Labute approximate surface area is 276 Å². The van der Waals surface area contributed by atoms with Crippen LogP contribution in [0.1, 0.15) is 57.8 Å². The van der Waals surface area contributed by atoms with Crippen LogP contribution in [0, 0.1) is 6.92 Å². The highest BCUT2D eigenvalue weighted by Gasteiger charge is 2.33. The second-order valence-electron chi connectivity index (χ2n) is 9.19. The lowest BCUT2D eigenvalue weighted by Crippen LogP contribution is -2.52. The number of ketones is 1. The van der Waals surface area contributed by atoms with Crippen LogP contribution in [-0.4, -0.2) is 34.0 Å². The highest BCUT2D eigenvalue weighted by molar-refractivity contribution is 6.39. The minimum absolute atomic E-state index is 0.0684. The first-order chi connectivity index (χ1) is 19.9. The topological polar surface area (TPSA) is 88.2 Å². The lowest BCUT2D eigenvalue weighted by Gasteiger charge is -2.27. The van der Waals surface area contributed by atoms with Crippen LogP contribution in [0.25, 0.3) is 0 Å². The molecule has 0 saturated carbocycles. The smallest absolute Gasteiger partial charge is 0.346 e. The highest BCUT2D eigenvalue weighted by atomic mass is 35.5. The van der Waals surface area contributed by atoms with E-state index in [-0.39, 0.29) is 44.5 Å². The van der Waals surface area contributed by atoms with Crippen molar-refractivity contribution in [2.45, 2.75) is 45.5 Å². The second kappa shape index (κ2) is 15.6. The molecule has 0 aliphatic rings. The number of nitrogens with zero attached hydrogens (tertiary/aromatic N) is 1. The van der Waals surface area contributed by atoms with E-state index in [0.717, 1.165) is 6.07 Å². The molecule has 1 unspecified atom stereocenters. The van der Waals surface area contributed by atoms with Crippen molar-refractivity contribution in [2.75, 3.05) is 5.88 Å². The highest BCUT2D eigenvalue weighted by Crippen LogP contribution is 2.31. The summed E-state index contributed by atoms with van der Waals surface area (Å²) in [4.78, 5) is 39.7. The first-order valence-corrected chi connectivity index (χ1v) is 14.7. The molecule has 0 aliphatic carbocycles. The summed E-state index contributed by atoms with van der Waals surface area (Å²) < 4.78 is 37.6. The van der Waals surface area contributed by atoms with Crippen LogP contribution >= 0.6 is 69.6 Å². The van der Waals surface area contributed by atoms with Crippen LogP contribution in [0.3, 0.4) is 0 Å². The Morgan fingerprint density at radius 1 is 0.884 bits per heavy atom. The van der Waals surface area contributed by atoms with Crippen LogP contribution in [0.5, 0.6) is 0 Å². The molecule has 0 fully saturated rings.